The summed E-state index contributed by atoms with van der Waals surface area (Å²) in [7, 11) is 0. The fraction of sp³-hybridized carbons (Fsp3) is 0.0769. The summed E-state index contributed by atoms with van der Waals surface area (Å²) in [6, 6.07) is 7.78. The second kappa shape index (κ2) is 4.51. The van der Waals surface area contributed by atoms with Crippen molar-refractivity contribution in [2.24, 2.45) is 4.99 Å². The Labute approximate surface area is 112 Å². The van der Waals surface area contributed by atoms with Gasteiger partial charge in [-0.2, -0.15) is 0 Å². The number of rotatable bonds is 2. The molecule has 5 heteroatoms. The summed E-state index contributed by atoms with van der Waals surface area (Å²) in [6.07, 6.45) is 3.47. The number of hydrogen-bond acceptors (Lipinski definition) is 5. The highest BCUT2D eigenvalue weighted by atomic mass is 32.1. The van der Waals surface area contributed by atoms with Crippen LogP contribution in [0.15, 0.2) is 35.5 Å². The first-order chi connectivity index (χ1) is 8.74. The Morgan fingerprint density at radius 1 is 1.28 bits per heavy atom. The van der Waals surface area contributed by atoms with Crippen LogP contribution in [-0.4, -0.2) is 16.3 Å². The van der Waals surface area contributed by atoms with Crippen LogP contribution in [0.3, 0.4) is 0 Å². The molecule has 0 saturated heterocycles. The van der Waals surface area contributed by atoms with Crippen LogP contribution in [0.25, 0.3) is 10.1 Å². The zero-order valence-electron chi connectivity index (χ0n) is 9.62. The SMILES string of the molecule is Cc1cnc(N=Cc2sc3ccccc3c2O)s1. The number of thiazole rings is 1. The Bertz CT molecular complexity index is 728. The van der Waals surface area contributed by atoms with Crippen LogP contribution in [0.2, 0.25) is 0 Å². The van der Waals surface area contributed by atoms with Crippen LogP contribution in [-0.2, 0) is 0 Å². The van der Waals surface area contributed by atoms with E-state index in [1.165, 1.54) is 22.7 Å². The van der Waals surface area contributed by atoms with Gasteiger partial charge in [-0.05, 0) is 19.1 Å². The molecule has 1 aromatic carbocycles. The van der Waals surface area contributed by atoms with E-state index in [4.69, 9.17) is 0 Å². The molecule has 3 aromatic rings. The molecule has 0 aliphatic carbocycles. The molecule has 0 aliphatic heterocycles. The Hall–Kier alpha value is -1.72. The molecule has 0 spiro atoms. The Morgan fingerprint density at radius 3 is 2.83 bits per heavy atom. The van der Waals surface area contributed by atoms with E-state index < -0.39 is 0 Å². The molecule has 18 heavy (non-hydrogen) atoms. The molecule has 0 saturated carbocycles. The summed E-state index contributed by atoms with van der Waals surface area (Å²) in [5.74, 6) is 0.299. The predicted molar refractivity (Wildman–Crippen MR) is 77.6 cm³/mol. The molecular weight excluding hydrogens is 264 g/mol. The van der Waals surface area contributed by atoms with Crippen LogP contribution >= 0.6 is 22.7 Å². The Morgan fingerprint density at radius 2 is 2.11 bits per heavy atom. The number of aryl methyl sites for hydroxylation is 1. The molecule has 1 N–H and O–H groups in total. The van der Waals surface area contributed by atoms with Gasteiger partial charge in [0.15, 0.2) is 0 Å². The lowest BCUT2D eigenvalue weighted by atomic mass is 10.2. The van der Waals surface area contributed by atoms with Gasteiger partial charge in [-0.1, -0.05) is 12.1 Å². The fourth-order valence-corrected chi connectivity index (χ4v) is 3.23. The van der Waals surface area contributed by atoms with Crippen LogP contribution in [0.4, 0.5) is 5.13 Å². The molecule has 0 bridgehead atoms. The second-order valence-corrected chi connectivity index (χ2v) is 6.12. The largest absolute Gasteiger partial charge is 0.506 e. The lowest BCUT2D eigenvalue weighted by Crippen LogP contribution is -1.73. The minimum absolute atomic E-state index is 0.299. The van der Waals surface area contributed by atoms with E-state index >= 15 is 0 Å². The number of benzene rings is 1. The third kappa shape index (κ3) is 2.02. The van der Waals surface area contributed by atoms with E-state index in [1.807, 2.05) is 31.2 Å². The average molecular weight is 274 g/mol. The van der Waals surface area contributed by atoms with Crippen molar-refractivity contribution < 1.29 is 5.11 Å². The van der Waals surface area contributed by atoms with Gasteiger partial charge in [0.1, 0.15) is 5.75 Å². The molecule has 0 aliphatic rings. The lowest BCUT2D eigenvalue weighted by molar-refractivity contribution is 0.483. The summed E-state index contributed by atoms with van der Waals surface area (Å²) in [5.41, 5.74) is 0. The summed E-state index contributed by atoms with van der Waals surface area (Å²) in [4.78, 5) is 10.3. The summed E-state index contributed by atoms with van der Waals surface area (Å²) in [5, 5.41) is 11.7. The number of hydrogen-bond donors (Lipinski definition) is 1. The fourth-order valence-electron chi connectivity index (χ4n) is 1.65. The van der Waals surface area contributed by atoms with Crippen molar-refractivity contribution in [3.05, 3.63) is 40.2 Å². The number of aromatic hydroxyl groups is 1. The van der Waals surface area contributed by atoms with Crippen LogP contribution in [0.1, 0.15) is 9.75 Å². The smallest absolute Gasteiger partial charge is 0.209 e. The van der Waals surface area contributed by atoms with Crippen molar-refractivity contribution in [1.82, 2.24) is 4.98 Å². The molecule has 90 valence electrons. The highest BCUT2D eigenvalue weighted by Crippen LogP contribution is 2.35. The summed E-state index contributed by atoms with van der Waals surface area (Å²) >= 11 is 3.06. The van der Waals surface area contributed by atoms with E-state index in [0.717, 1.165) is 19.8 Å². The van der Waals surface area contributed by atoms with Gasteiger partial charge >= 0.3 is 0 Å². The first kappa shape index (κ1) is 11.4. The van der Waals surface area contributed by atoms with E-state index in [1.54, 1.807) is 12.4 Å². The lowest BCUT2D eigenvalue weighted by Gasteiger charge is -1.89. The van der Waals surface area contributed by atoms with Crippen molar-refractivity contribution in [3.8, 4) is 5.75 Å². The number of aromatic nitrogens is 1. The average Bonchev–Trinajstić information content (AvgIpc) is 2.92. The molecule has 0 amide bonds. The molecule has 2 aromatic heterocycles. The van der Waals surface area contributed by atoms with Crippen molar-refractivity contribution in [2.75, 3.05) is 0 Å². The monoisotopic (exact) mass is 274 g/mol. The quantitative estimate of drug-likeness (QED) is 0.714. The number of aliphatic imine (C=N–C) groups is 1. The van der Waals surface area contributed by atoms with Crippen molar-refractivity contribution in [3.63, 3.8) is 0 Å². The van der Waals surface area contributed by atoms with Crippen LogP contribution in [0.5, 0.6) is 5.75 Å². The van der Waals surface area contributed by atoms with Gasteiger partial charge in [-0.25, -0.2) is 9.98 Å². The van der Waals surface area contributed by atoms with Crippen molar-refractivity contribution in [1.29, 1.82) is 0 Å². The van der Waals surface area contributed by atoms with Gasteiger partial charge in [-0.15, -0.1) is 22.7 Å². The minimum Gasteiger partial charge on any atom is -0.506 e. The van der Waals surface area contributed by atoms with E-state index in [9.17, 15) is 5.11 Å². The maximum absolute atomic E-state index is 10.1. The normalized spacial score (nSPS) is 11.6. The molecular formula is C13H10N2OS2. The molecule has 3 nitrogen and oxygen atoms in total. The molecule has 2 heterocycles. The topological polar surface area (TPSA) is 45.5 Å². The third-order valence-electron chi connectivity index (χ3n) is 2.50. The highest BCUT2D eigenvalue weighted by molar-refractivity contribution is 7.21. The van der Waals surface area contributed by atoms with E-state index in [2.05, 4.69) is 9.98 Å². The number of nitrogens with zero attached hydrogens (tertiary/aromatic N) is 2. The number of thiophene rings is 1. The first-order valence-corrected chi connectivity index (χ1v) is 7.04. The molecule has 0 fully saturated rings. The van der Waals surface area contributed by atoms with Gasteiger partial charge < -0.3 is 5.11 Å². The van der Waals surface area contributed by atoms with E-state index in [0.29, 0.717) is 10.9 Å². The number of fused-ring (bicyclic) bond motifs is 1. The predicted octanol–water partition coefficient (Wildman–Crippen LogP) is 4.12. The summed E-state index contributed by atoms with van der Waals surface area (Å²) in [6.45, 7) is 1.99. The second-order valence-electron chi connectivity index (χ2n) is 3.82. The maximum atomic E-state index is 10.1. The zero-order valence-corrected chi connectivity index (χ0v) is 11.3. The minimum atomic E-state index is 0.299. The van der Waals surface area contributed by atoms with Gasteiger partial charge in [0.05, 0.1) is 11.1 Å². The van der Waals surface area contributed by atoms with Gasteiger partial charge in [0, 0.05) is 21.2 Å². The zero-order chi connectivity index (χ0) is 12.5. The Balaban J connectivity index is 2.00. The third-order valence-corrected chi connectivity index (χ3v) is 4.41. The van der Waals surface area contributed by atoms with Crippen molar-refractivity contribution in [2.45, 2.75) is 6.92 Å². The van der Waals surface area contributed by atoms with Crippen LogP contribution < -0.4 is 0 Å². The molecule has 3 rings (SSSR count). The molecule has 0 atom stereocenters. The molecule has 0 radical (unpaired) electrons. The van der Waals surface area contributed by atoms with Crippen molar-refractivity contribution >= 4 is 44.1 Å². The maximum Gasteiger partial charge on any atom is 0.209 e. The standard InChI is InChI=1S/C13H10N2OS2/c1-8-6-14-13(17-8)15-7-11-12(16)9-4-2-3-5-10(9)18-11/h2-7,16H,1H3. The molecule has 0 unspecified atom stereocenters. The summed E-state index contributed by atoms with van der Waals surface area (Å²) < 4.78 is 1.06. The van der Waals surface area contributed by atoms with Gasteiger partial charge in [0.25, 0.3) is 0 Å². The van der Waals surface area contributed by atoms with Crippen LogP contribution in [0, 0.1) is 6.92 Å². The van der Waals surface area contributed by atoms with Gasteiger partial charge in [-0.3, -0.25) is 0 Å². The van der Waals surface area contributed by atoms with Gasteiger partial charge in [0.2, 0.25) is 5.13 Å². The Kier molecular flexibility index (Phi) is 2.85. The van der Waals surface area contributed by atoms with E-state index in [-0.39, 0.29) is 0 Å². The highest BCUT2D eigenvalue weighted by Gasteiger charge is 2.08. The first-order valence-electron chi connectivity index (χ1n) is 5.41.